The summed E-state index contributed by atoms with van der Waals surface area (Å²) in [5, 5.41) is 9.66. The summed E-state index contributed by atoms with van der Waals surface area (Å²) < 4.78 is 0. The largest absolute Gasteiger partial charge is 0.198 e. The van der Waals surface area contributed by atoms with Crippen molar-refractivity contribution in [1.29, 1.82) is 5.26 Å². The van der Waals surface area contributed by atoms with E-state index in [0.29, 0.717) is 0 Å². The van der Waals surface area contributed by atoms with Gasteiger partial charge in [0.05, 0.1) is 11.5 Å². The second-order valence-electron chi connectivity index (χ2n) is 5.87. The van der Waals surface area contributed by atoms with Crippen molar-refractivity contribution in [3.05, 3.63) is 0 Å². The molecule has 2 fully saturated rings. The zero-order chi connectivity index (χ0) is 11.3. The van der Waals surface area contributed by atoms with E-state index in [2.05, 4.69) is 6.07 Å². The van der Waals surface area contributed by atoms with Gasteiger partial charge in [0.1, 0.15) is 0 Å². The van der Waals surface area contributed by atoms with E-state index in [1.807, 2.05) is 0 Å². The van der Waals surface area contributed by atoms with E-state index in [0.717, 1.165) is 5.92 Å². The Morgan fingerprint density at radius 1 is 0.750 bits per heavy atom. The molecule has 2 saturated carbocycles. The number of nitriles is 1. The van der Waals surface area contributed by atoms with Gasteiger partial charge in [0.25, 0.3) is 0 Å². The first-order chi connectivity index (χ1) is 7.87. The molecular formula is C15H25N. The molecule has 2 aliphatic rings. The van der Waals surface area contributed by atoms with Crippen LogP contribution in [0.15, 0.2) is 0 Å². The van der Waals surface area contributed by atoms with Gasteiger partial charge in [-0.3, -0.25) is 0 Å². The lowest BCUT2D eigenvalue weighted by molar-refractivity contribution is 0.185. The highest BCUT2D eigenvalue weighted by atomic mass is 14.4. The van der Waals surface area contributed by atoms with Gasteiger partial charge in [-0.05, 0) is 31.6 Å². The van der Waals surface area contributed by atoms with E-state index >= 15 is 0 Å². The molecule has 1 nitrogen and oxygen atoms in total. The lowest BCUT2D eigenvalue weighted by Crippen LogP contribution is -2.28. The van der Waals surface area contributed by atoms with Crippen LogP contribution in [0.1, 0.15) is 77.0 Å². The summed E-state index contributed by atoms with van der Waals surface area (Å²) in [6, 6.07) is 2.75. The summed E-state index contributed by atoms with van der Waals surface area (Å²) in [7, 11) is 0. The van der Waals surface area contributed by atoms with Gasteiger partial charge in [0.15, 0.2) is 0 Å². The molecule has 0 saturated heterocycles. The van der Waals surface area contributed by atoms with Crippen LogP contribution in [0, 0.1) is 22.7 Å². The Morgan fingerprint density at radius 3 is 1.75 bits per heavy atom. The lowest BCUT2D eigenvalue weighted by atomic mass is 9.68. The molecule has 0 aliphatic heterocycles. The SMILES string of the molecule is N#CC1(C2CCCCCC2)CCCCCC1. The fourth-order valence-electron chi connectivity index (χ4n) is 3.80. The number of hydrogen-bond acceptors (Lipinski definition) is 1. The molecule has 2 rings (SSSR count). The number of rotatable bonds is 1. The molecule has 0 spiro atoms. The van der Waals surface area contributed by atoms with Gasteiger partial charge in [-0.15, -0.1) is 0 Å². The molecule has 90 valence electrons. The van der Waals surface area contributed by atoms with E-state index in [4.69, 9.17) is 0 Å². The summed E-state index contributed by atoms with van der Waals surface area (Å²) in [4.78, 5) is 0. The number of hydrogen-bond donors (Lipinski definition) is 0. The summed E-state index contributed by atoms with van der Waals surface area (Å²) in [6.07, 6.45) is 15.9. The minimum absolute atomic E-state index is 0.0703. The third-order valence-electron chi connectivity index (χ3n) is 4.86. The summed E-state index contributed by atoms with van der Waals surface area (Å²) in [5.74, 6) is 0.720. The van der Waals surface area contributed by atoms with Gasteiger partial charge in [0.2, 0.25) is 0 Å². The van der Waals surface area contributed by atoms with Crippen molar-refractivity contribution in [3.63, 3.8) is 0 Å². The van der Waals surface area contributed by atoms with Gasteiger partial charge in [-0.25, -0.2) is 0 Å². The molecule has 0 bridgehead atoms. The van der Waals surface area contributed by atoms with Crippen LogP contribution >= 0.6 is 0 Å². The van der Waals surface area contributed by atoms with Crippen LogP contribution in [0.5, 0.6) is 0 Å². The highest BCUT2D eigenvalue weighted by Gasteiger charge is 2.38. The van der Waals surface area contributed by atoms with Crippen molar-refractivity contribution in [2.75, 3.05) is 0 Å². The average molecular weight is 219 g/mol. The predicted octanol–water partition coefficient (Wildman–Crippen LogP) is 4.82. The standard InChI is InChI=1S/C15H25N/c16-13-15(11-7-3-4-8-12-15)14-9-5-1-2-6-10-14/h14H,1-12H2. The predicted molar refractivity (Wildman–Crippen MR) is 66.9 cm³/mol. The topological polar surface area (TPSA) is 23.8 Å². The number of nitrogens with zero attached hydrogens (tertiary/aromatic N) is 1. The van der Waals surface area contributed by atoms with E-state index in [1.54, 1.807) is 0 Å². The summed E-state index contributed by atoms with van der Waals surface area (Å²) >= 11 is 0. The van der Waals surface area contributed by atoms with Crippen LogP contribution in [-0.4, -0.2) is 0 Å². The highest BCUT2D eigenvalue weighted by molar-refractivity contribution is 5.04. The summed E-state index contributed by atoms with van der Waals surface area (Å²) in [6.45, 7) is 0. The first kappa shape index (κ1) is 12.0. The molecule has 0 unspecified atom stereocenters. The maximum Gasteiger partial charge on any atom is 0.0692 e. The fraction of sp³-hybridized carbons (Fsp3) is 0.933. The Bertz CT molecular complexity index is 235. The van der Waals surface area contributed by atoms with Crippen LogP contribution in [0.25, 0.3) is 0 Å². The van der Waals surface area contributed by atoms with Crippen molar-refractivity contribution in [3.8, 4) is 6.07 Å². The van der Waals surface area contributed by atoms with Crippen molar-refractivity contribution in [1.82, 2.24) is 0 Å². The molecular weight excluding hydrogens is 194 g/mol. The van der Waals surface area contributed by atoms with Gasteiger partial charge in [-0.2, -0.15) is 5.26 Å². The van der Waals surface area contributed by atoms with Crippen molar-refractivity contribution in [2.45, 2.75) is 77.0 Å². The van der Waals surface area contributed by atoms with Gasteiger partial charge >= 0.3 is 0 Å². The average Bonchev–Trinajstić information content (AvgIpc) is 2.72. The molecule has 0 radical (unpaired) electrons. The van der Waals surface area contributed by atoms with E-state index in [-0.39, 0.29) is 5.41 Å². The monoisotopic (exact) mass is 219 g/mol. The Kier molecular flexibility index (Phi) is 4.27. The van der Waals surface area contributed by atoms with Crippen LogP contribution < -0.4 is 0 Å². The third-order valence-corrected chi connectivity index (χ3v) is 4.86. The molecule has 0 aromatic rings. The van der Waals surface area contributed by atoms with Crippen molar-refractivity contribution in [2.24, 2.45) is 11.3 Å². The maximum atomic E-state index is 9.66. The first-order valence-corrected chi connectivity index (χ1v) is 7.29. The zero-order valence-electron chi connectivity index (χ0n) is 10.5. The second-order valence-corrected chi connectivity index (χ2v) is 5.87. The Balaban J connectivity index is 2.08. The smallest absolute Gasteiger partial charge is 0.0692 e. The van der Waals surface area contributed by atoms with Crippen LogP contribution in [0.3, 0.4) is 0 Å². The molecule has 2 aliphatic carbocycles. The molecule has 0 atom stereocenters. The van der Waals surface area contributed by atoms with Gasteiger partial charge < -0.3 is 0 Å². The van der Waals surface area contributed by atoms with Crippen LogP contribution in [-0.2, 0) is 0 Å². The molecule has 0 amide bonds. The molecule has 1 heteroatoms. The quantitative estimate of drug-likeness (QED) is 0.580. The maximum absolute atomic E-state index is 9.66. The fourth-order valence-corrected chi connectivity index (χ4v) is 3.80. The van der Waals surface area contributed by atoms with Gasteiger partial charge in [-0.1, -0.05) is 51.4 Å². The minimum Gasteiger partial charge on any atom is -0.198 e. The third kappa shape index (κ3) is 2.59. The van der Waals surface area contributed by atoms with E-state index in [1.165, 1.54) is 77.0 Å². The Hall–Kier alpha value is -0.510. The van der Waals surface area contributed by atoms with Crippen LogP contribution in [0.4, 0.5) is 0 Å². The molecule has 16 heavy (non-hydrogen) atoms. The lowest BCUT2D eigenvalue weighted by Gasteiger charge is -2.34. The normalized spacial score (nSPS) is 27.7. The highest BCUT2D eigenvalue weighted by Crippen LogP contribution is 2.46. The minimum atomic E-state index is 0.0703. The second kappa shape index (κ2) is 5.71. The van der Waals surface area contributed by atoms with Gasteiger partial charge in [0, 0.05) is 0 Å². The summed E-state index contributed by atoms with van der Waals surface area (Å²) in [5.41, 5.74) is 0.0703. The van der Waals surface area contributed by atoms with Crippen molar-refractivity contribution < 1.29 is 0 Å². The molecule has 0 N–H and O–H groups in total. The van der Waals surface area contributed by atoms with E-state index < -0.39 is 0 Å². The Morgan fingerprint density at radius 2 is 1.25 bits per heavy atom. The van der Waals surface area contributed by atoms with E-state index in [9.17, 15) is 5.26 Å². The molecule has 0 heterocycles. The molecule has 0 aromatic carbocycles. The first-order valence-electron chi connectivity index (χ1n) is 7.29. The zero-order valence-corrected chi connectivity index (χ0v) is 10.5. The van der Waals surface area contributed by atoms with Crippen LogP contribution in [0.2, 0.25) is 0 Å². The Labute approximate surface area is 100 Å². The molecule has 0 aromatic heterocycles. The van der Waals surface area contributed by atoms with Crippen molar-refractivity contribution >= 4 is 0 Å².